The summed E-state index contributed by atoms with van der Waals surface area (Å²) in [5.74, 6) is -5.46. The van der Waals surface area contributed by atoms with Gasteiger partial charge in [0.15, 0.2) is 0 Å². The molecule has 2 heterocycles. The molecule has 3 rings (SSSR count). The van der Waals surface area contributed by atoms with E-state index < -0.39 is 36.2 Å². The normalized spacial score (nSPS) is 39.8. The first-order chi connectivity index (χ1) is 11.2. The van der Waals surface area contributed by atoms with Crippen LogP contribution in [0.15, 0.2) is 0 Å². The lowest BCUT2D eigenvalue weighted by Gasteiger charge is -2.47. The molecule has 0 spiro atoms. The van der Waals surface area contributed by atoms with Crippen molar-refractivity contribution < 1.29 is 28.6 Å². The molecule has 2 aliphatic heterocycles. The molecule has 0 bridgehead atoms. The van der Waals surface area contributed by atoms with Crippen molar-refractivity contribution in [2.24, 2.45) is 17.8 Å². The number of nitrogens with zero attached hydrogens (tertiary/aromatic N) is 1. The van der Waals surface area contributed by atoms with Crippen LogP contribution >= 0.6 is 0 Å². The first-order valence-electron chi connectivity index (χ1n) is 8.56. The van der Waals surface area contributed by atoms with E-state index in [1.807, 2.05) is 0 Å². The lowest BCUT2D eigenvalue weighted by Crippen LogP contribution is -2.56. The van der Waals surface area contributed by atoms with Gasteiger partial charge in [0, 0.05) is 19.0 Å². The predicted molar refractivity (Wildman–Crippen MR) is 80.9 cm³/mol. The number of carboxylic acids is 2. The average molecular weight is 346 g/mol. The monoisotopic (exact) mass is 346 g/mol. The van der Waals surface area contributed by atoms with E-state index >= 15 is 0 Å². The Labute approximate surface area is 139 Å². The molecule has 1 saturated carbocycles. The van der Waals surface area contributed by atoms with E-state index in [1.165, 1.54) is 0 Å². The second-order valence-corrected chi connectivity index (χ2v) is 7.55. The third-order valence-corrected chi connectivity index (χ3v) is 5.88. The van der Waals surface area contributed by atoms with Gasteiger partial charge in [-0.3, -0.25) is 14.5 Å². The van der Waals surface area contributed by atoms with Crippen molar-refractivity contribution >= 4 is 11.9 Å². The quantitative estimate of drug-likeness (QED) is 0.713. The lowest BCUT2D eigenvalue weighted by molar-refractivity contribution is -0.156. The summed E-state index contributed by atoms with van der Waals surface area (Å²) < 4.78 is 27.9. The van der Waals surface area contributed by atoms with Crippen molar-refractivity contribution in [1.82, 2.24) is 10.2 Å². The van der Waals surface area contributed by atoms with Gasteiger partial charge in [0.05, 0.1) is 12.5 Å². The average Bonchev–Trinajstić information content (AvgIpc) is 2.52. The Kier molecular flexibility index (Phi) is 4.79. The first-order valence-corrected chi connectivity index (χ1v) is 8.56. The van der Waals surface area contributed by atoms with Crippen LogP contribution in [-0.2, 0) is 9.59 Å². The number of alkyl halides is 2. The highest BCUT2D eigenvalue weighted by Gasteiger charge is 2.47. The Morgan fingerprint density at radius 1 is 1.08 bits per heavy atom. The molecule has 0 aromatic carbocycles. The summed E-state index contributed by atoms with van der Waals surface area (Å²) in [5, 5.41) is 21.3. The van der Waals surface area contributed by atoms with Crippen LogP contribution in [-0.4, -0.2) is 64.7 Å². The number of likely N-dealkylation sites (tertiary alicyclic amines) is 1. The highest BCUT2D eigenvalue weighted by atomic mass is 19.3. The lowest BCUT2D eigenvalue weighted by atomic mass is 9.71. The van der Waals surface area contributed by atoms with Crippen molar-refractivity contribution in [1.29, 1.82) is 0 Å². The Bertz CT molecular complexity index is 516. The minimum absolute atomic E-state index is 0.0770. The summed E-state index contributed by atoms with van der Waals surface area (Å²) in [6.07, 6.45) is 2.24. The van der Waals surface area contributed by atoms with E-state index in [4.69, 9.17) is 5.11 Å². The number of halogens is 2. The van der Waals surface area contributed by atoms with Gasteiger partial charge in [-0.25, -0.2) is 8.78 Å². The van der Waals surface area contributed by atoms with Crippen LogP contribution in [0.1, 0.15) is 32.1 Å². The van der Waals surface area contributed by atoms with Crippen LogP contribution in [0.5, 0.6) is 0 Å². The van der Waals surface area contributed by atoms with Crippen LogP contribution < -0.4 is 5.32 Å². The van der Waals surface area contributed by atoms with Gasteiger partial charge in [0.1, 0.15) is 6.04 Å². The fourth-order valence-corrected chi connectivity index (χ4v) is 4.64. The molecule has 0 aromatic heterocycles. The van der Waals surface area contributed by atoms with Gasteiger partial charge >= 0.3 is 11.9 Å². The number of aliphatic carboxylic acids is 2. The summed E-state index contributed by atoms with van der Waals surface area (Å²) in [4.78, 5) is 24.0. The topological polar surface area (TPSA) is 89.9 Å². The van der Waals surface area contributed by atoms with Gasteiger partial charge in [0.25, 0.3) is 5.92 Å². The standard InChI is InChI=1S/C16H24F2N2O4/c17-16(18)5-11(14(21)22)7-20(8-16)12-2-1-9-6-19-13(15(23)24)4-10(9)3-12/h9-13,19H,1-8H2,(H,21,22)(H,23,24)/t9-,10+,11-,12-,13-/m0/s1. The maximum Gasteiger partial charge on any atom is 0.320 e. The summed E-state index contributed by atoms with van der Waals surface area (Å²) in [5.41, 5.74) is 0. The number of carbonyl (C=O) groups is 2. The zero-order valence-corrected chi connectivity index (χ0v) is 13.5. The van der Waals surface area contributed by atoms with Crippen molar-refractivity contribution in [3.8, 4) is 0 Å². The van der Waals surface area contributed by atoms with Gasteiger partial charge < -0.3 is 15.5 Å². The number of fused-ring (bicyclic) bond motifs is 1. The van der Waals surface area contributed by atoms with E-state index in [2.05, 4.69) is 5.32 Å². The fourth-order valence-electron chi connectivity index (χ4n) is 4.64. The number of hydrogen-bond acceptors (Lipinski definition) is 4. The molecule has 1 aliphatic carbocycles. The fraction of sp³-hybridized carbons (Fsp3) is 0.875. The highest BCUT2D eigenvalue weighted by molar-refractivity contribution is 5.73. The third-order valence-electron chi connectivity index (χ3n) is 5.88. The van der Waals surface area contributed by atoms with Crippen LogP contribution in [0, 0.1) is 17.8 Å². The molecule has 5 atom stereocenters. The molecular formula is C16H24F2N2O4. The maximum absolute atomic E-state index is 13.9. The largest absolute Gasteiger partial charge is 0.481 e. The Balaban J connectivity index is 1.66. The number of rotatable bonds is 3. The third kappa shape index (κ3) is 3.69. The van der Waals surface area contributed by atoms with E-state index in [0.29, 0.717) is 25.3 Å². The van der Waals surface area contributed by atoms with Crippen molar-refractivity contribution in [3.05, 3.63) is 0 Å². The van der Waals surface area contributed by atoms with Crippen LogP contribution in [0.4, 0.5) is 8.78 Å². The van der Waals surface area contributed by atoms with Crippen molar-refractivity contribution in [2.45, 2.75) is 50.1 Å². The molecule has 136 valence electrons. The molecule has 0 unspecified atom stereocenters. The number of piperidine rings is 2. The molecule has 8 heteroatoms. The molecule has 0 aromatic rings. The minimum Gasteiger partial charge on any atom is -0.481 e. The van der Waals surface area contributed by atoms with Gasteiger partial charge in [-0.2, -0.15) is 0 Å². The zero-order chi connectivity index (χ0) is 17.5. The predicted octanol–water partition coefficient (Wildman–Crippen LogP) is 1.26. The second kappa shape index (κ2) is 6.55. The van der Waals surface area contributed by atoms with Gasteiger partial charge in [-0.05, 0) is 44.1 Å². The van der Waals surface area contributed by atoms with Gasteiger partial charge in [-0.15, -0.1) is 0 Å². The maximum atomic E-state index is 13.9. The van der Waals surface area contributed by atoms with Crippen molar-refractivity contribution in [2.75, 3.05) is 19.6 Å². The van der Waals surface area contributed by atoms with Crippen LogP contribution in [0.2, 0.25) is 0 Å². The number of nitrogens with one attached hydrogen (secondary N) is 1. The molecule has 3 N–H and O–H groups in total. The van der Waals surface area contributed by atoms with Crippen LogP contribution in [0.25, 0.3) is 0 Å². The van der Waals surface area contributed by atoms with Gasteiger partial charge in [-0.1, -0.05) is 0 Å². The minimum atomic E-state index is -2.98. The second-order valence-electron chi connectivity index (χ2n) is 7.55. The smallest absolute Gasteiger partial charge is 0.320 e. The Morgan fingerprint density at radius 3 is 2.50 bits per heavy atom. The molecule has 0 amide bonds. The summed E-state index contributed by atoms with van der Waals surface area (Å²) in [6, 6.07) is -0.647. The first kappa shape index (κ1) is 17.5. The van der Waals surface area contributed by atoms with E-state index in [0.717, 1.165) is 12.8 Å². The summed E-state index contributed by atoms with van der Waals surface area (Å²) in [7, 11) is 0. The summed E-state index contributed by atoms with van der Waals surface area (Å²) in [6.45, 7) is 0.426. The number of carboxylic acid groups (broad SMARTS) is 2. The highest BCUT2D eigenvalue weighted by Crippen LogP contribution is 2.40. The van der Waals surface area contributed by atoms with Crippen molar-refractivity contribution in [3.63, 3.8) is 0 Å². The molecule has 3 fully saturated rings. The number of hydrogen-bond donors (Lipinski definition) is 3. The summed E-state index contributed by atoms with van der Waals surface area (Å²) >= 11 is 0. The van der Waals surface area contributed by atoms with E-state index in [-0.39, 0.29) is 25.0 Å². The van der Waals surface area contributed by atoms with E-state index in [9.17, 15) is 23.5 Å². The zero-order valence-electron chi connectivity index (χ0n) is 13.5. The van der Waals surface area contributed by atoms with Gasteiger partial charge in [0.2, 0.25) is 0 Å². The molecule has 3 aliphatic rings. The SMILES string of the molecule is O=C(O)[C@@H]1CN([C@H]2CC[C@H]3CN[C@H](C(=O)O)C[C@H]3C2)CC(F)(F)C1. The molecular weight excluding hydrogens is 322 g/mol. The molecule has 24 heavy (non-hydrogen) atoms. The van der Waals surface area contributed by atoms with E-state index in [1.54, 1.807) is 4.90 Å². The van der Waals surface area contributed by atoms with Crippen LogP contribution in [0.3, 0.4) is 0 Å². The molecule has 2 saturated heterocycles. The molecule has 6 nitrogen and oxygen atoms in total. The Hall–Kier alpha value is -1.28. The molecule has 0 radical (unpaired) electrons. The Morgan fingerprint density at radius 2 is 1.83 bits per heavy atom.